The predicted molar refractivity (Wildman–Crippen MR) is 104 cm³/mol. The normalized spacial score (nSPS) is 13.9. The lowest BCUT2D eigenvalue weighted by Gasteiger charge is -2.27. The summed E-state index contributed by atoms with van der Waals surface area (Å²) in [5, 5.41) is 3.52. The Morgan fingerprint density at radius 1 is 1.11 bits per heavy atom. The third-order valence-electron chi connectivity index (χ3n) is 3.94. The number of rotatable bonds is 5. The maximum atomic E-state index is 12.5. The largest absolute Gasteiger partial charge is 0.482 e. The summed E-state index contributed by atoms with van der Waals surface area (Å²) in [6.45, 7) is 1.97. The molecular weight excluding hydrogens is 391 g/mol. The van der Waals surface area contributed by atoms with Gasteiger partial charge in [0.2, 0.25) is 0 Å². The molecule has 142 valence electrons. The average Bonchev–Trinajstić information content (AvgIpc) is 2.67. The topological polar surface area (TPSA) is 67.9 Å². The van der Waals surface area contributed by atoms with Gasteiger partial charge in [-0.3, -0.25) is 9.59 Å². The van der Waals surface area contributed by atoms with E-state index in [2.05, 4.69) is 5.32 Å². The number of morpholine rings is 1. The molecule has 2 aromatic rings. The van der Waals surface area contributed by atoms with Gasteiger partial charge in [-0.2, -0.15) is 0 Å². The highest BCUT2D eigenvalue weighted by Gasteiger charge is 2.18. The van der Waals surface area contributed by atoms with Gasteiger partial charge in [-0.15, -0.1) is 0 Å². The number of carbonyl (C=O) groups excluding carboxylic acids is 2. The van der Waals surface area contributed by atoms with Crippen molar-refractivity contribution in [3.63, 3.8) is 0 Å². The van der Waals surface area contributed by atoms with Crippen molar-refractivity contribution >= 4 is 40.7 Å². The summed E-state index contributed by atoms with van der Waals surface area (Å²) in [5.41, 5.74) is 1.03. The number of hydrogen-bond acceptors (Lipinski definition) is 4. The van der Waals surface area contributed by atoms with Gasteiger partial charge in [-0.05, 0) is 36.4 Å². The average molecular weight is 409 g/mol. The molecule has 0 aromatic heterocycles. The molecule has 1 aliphatic rings. The van der Waals surface area contributed by atoms with Crippen molar-refractivity contribution in [2.45, 2.75) is 0 Å². The molecule has 0 spiro atoms. The van der Waals surface area contributed by atoms with Crippen LogP contribution in [0.1, 0.15) is 10.4 Å². The lowest BCUT2D eigenvalue weighted by atomic mass is 10.1. The Morgan fingerprint density at radius 2 is 1.89 bits per heavy atom. The van der Waals surface area contributed by atoms with Crippen LogP contribution >= 0.6 is 23.2 Å². The smallest absolute Gasteiger partial charge is 0.262 e. The Morgan fingerprint density at radius 3 is 2.63 bits per heavy atom. The van der Waals surface area contributed by atoms with Crippen LogP contribution in [0.15, 0.2) is 42.5 Å². The lowest BCUT2D eigenvalue weighted by molar-refractivity contribution is -0.118. The minimum atomic E-state index is -0.364. The van der Waals surface area contributed by atoms with Crippen LogP contribution in [0.2, 0.25) is 10.0 Å². The summed E-state index contributed by atoms with van der Waals surface area (Å²) in [5.74, 6) is -0.0805. The molecule has 0 saturated carbocycles. The van der Waals surface area contributed by atoms with E-state index in [1.165, 1.54) is 6.07 Å². The number of carbonyl (C=O) groups is 2. The van der Waals surface area contributed by atoms with Crippen molar-refractivity contribution in [1.82, 2.24) is 4.90 Å². The first-order valence-electron chi connectivity index (χ1n) is 8.38. The highest BCUT2D eigenvalue weighted by molar-refractivity contribution is 6.35. The zero-order valence-corrected chi connectivity index (χ0v) is 15.9. The minimum Gasteiger partial charge on any atom is -0.482 e. The van der Waals surface area contributed by atoms with E-state index in [0.29, 0.717) is 53.3 Å². The summed E-state index contributed by atoms with van der Waals surface area (Å²) >= 11 is 11.8. The van der Waals surface area contributed by atoms with Gasteiger partial charge in [-0.25, -0.2) is 0 Å². The fourth-order valence-electron chi connectivity index (χ4n) is 2.61. The van der Waals surface area contributed by atoms with E-state index < -0.39 is 0 Å². The molecule has 2 amide bonds. The molecule has 0 unspecified atom stereocenters. The lowest BCUT2D eigenvalue weighted by Crippen LogP contribution is -2.40. The summed E-state index contributed by atoms with van der Waals surface area (Å²) < 4.78 is 10.7. The van der Waals surface area contributed by atoms with Crippen molar-refractivity contribution < 1.29 is 19.1 Å². The number of nitrogens with one attached hydrogen (secondary N) is 1. The van der Waals surface area contributed by atoms with Gasteiger partial charge < -0.3 is 19.7 Å². The van der Waals surface area contributed by atoms with E-state index in [-0.39, 0.29) is 18.4 Å². The summed E-state index contributed by atoms with van der Waals surface area (Å²) in [4.78, 5) is 26.4. The van der Waals surface area contributed by atoms with Gasteiger partial charge in [0, 0.05) is 29.4 Å². The van der Waals surface area contributed by atoms with Gasteiger partial charge in [0.15, 0.2) is 6.61 Å². The van der Waals surface area contributed by atoms with E-state index in [4.69, 9.17) is 32.7 Å². The number of halogens is 2. The quantitative estimate of drug-likeness (QED) is 0.821. The molecule has 27 heavy (non-hydrogen) atoms. The van der Waals surface area contributed by atoms with Gasteiger partial charge in [0.05, 0.1) is 18.2 Å². The Bertz CT molecular complexity index is 838. The van der Waals surface area contributed by atoms with Gasteiger partial charge in [0.1, 0.15) is 5.75 Å². The fraction of sp³-hybridized carbons (Fsp3) is 0.263. The summed E-state index contributed by atoms with van der Waals surface area (Å²) in [6, 6.07) is 11.6. The first kappa shape index (κ1) is 19.5. The van der Waals surface area contributed by atoms with Crippen LogP contribution in [0.5, 0.6) is 5.75 Å². The first-order valence-corrected chi connectivity index (χ1v) is 9.13. The van der Waals surface area contributed by atoms with Crippen molar-refractivity contribution in [3.05, 3.63) is 58.1 Å². The standard InChI is InChI=1S/C19H18Cl2N2O4/c20-14-4-5-17(16(21)11-14)27-12-18(24)22-15-3-1-2-13(10-15)19(25)23-6-8-26-9-7-23/h1-5,10-11H,6-9,12H2,(H,22,24). The van der Waals surface area contributed by atoms with E-state index in [0.717, 1.165) is 0 Å². The Labute approximate surface area is 167 Å². The second-order valence-electron chi connectivity index (χ2n) is 5.90. The van der Waals surface area contributed by atoms with Crippen LogP contribution < -0.4 is 10.1 Å². The Kier molecular flexibility index (Phi) is 6.55. The van der Waals surface area contributed by atoms with E-state index >= 15 is 0 Å². The third-order valence-corrected chi connectivity index (χ3v) is 4.47. The summed E-state index contributed by atoms with van der Waals surface area (Å²) in [6.07, 6.45) is 0. The molecular formula is C19H18Cl2N2O4. The molecule has 0 bridgehead atoms. The molecule has 1 fully saturated rings. The Balaban J connectivity index is 1.58. The van der Waals surface area contributed by atoms with E-state index in [1.807, 2.05) is 0 Å². The molecule has 0 radical (unpaired) electrons. The second kappa shape index (κ2) is 9.08. The number of anilines is 1. The zero-order valence-electron chi connectivity index (χ0n) is 14.4. The number of ether oxygens (including phenoxy) is 2. The zero-order chi connectivity index (χ0) is 19.2. The van der Waals surface area contributed by atoms with E-state index in [1.54, 1.807) is 41.3 Å². The van der Waals surface area contributed by atoms with Crippen LogP contribution in [0.3, 0.4) is 0 Å². The monoisotopic (exact) mass is 408 g/mol. The van der Waals surface area contributed by atoms with Crippen molar-refractivity contribution in [2.75, 3.05) is 38.2 Å². The molecule has 1 saturated heterocycles. The fourth-order valence-corrected chi connectivity index (χ4v) is 3.07. The van der Waals surface area contributed by atoms with Crippen molar-refractivity contribution in [1.29, 1.82) is 0 Å². The SMILES string of the molecule is O=C(COc1ccc(Cl)cc1Cl)Nc1cccc(C(=O)N2CCOCC2)c1. The predicted octanol–water partition coefficient (Wildman–Crippen LogP) is 3.48. The maximum absolute atomic E-state index is 12.5. The molecule has 3 rings (SSSR count). The number of amides is 2. The summed E-state index contributed by atoms with van der Waals surface area (Å²) in [7, 11) is 0. The number of hydrogen-bond donors (Lipinski definition) is 1. The molecule has 8 heteroatoms. The molecule has 2 aromatic carbocycles. The van der Waals surface area contributed by atoms with Crippen LogP contribution in [0.25, 0.3) is 0 Å². The third kappa shape index (κ3) is 5.35. The molecule has 1 heterocycles. The van der Waals surface area contributed by atoms with Crippen LogP contribution in [-0.4, -0.2) is 49.6 Å². The first-order chi connectivity index (χ1) is 13.0. The van der Waals surface area contributed by atoms with E-state index in [9.17, 15) is 9.59 Å². The van der Waals surface area contributed by atoms with Crippen molar-refractivity contribution in [3.8, 4) is 5.75 Å². The second-order valence-corrected chi connectivity index (χ2v) is 6.74. The highest BCUT2D eigenvalue weighted by atomic mass is 35.5. The highest BCUT2D eigenvalue weighted by Crippen LogP contribution is 2.27. The molecule has 6 nitrogen and oxygen atoms in total. The number of nitrogens with zero attached hydrogens (tertiary/aromatic N) is 1. The number of benzene rings is 2. The molecule has 0 aliphatic carbocycles. The molecule has 0 atom stereocenters. The Hall–Kier alpha value is -2.28. The maximum Gasteiger partial charge on any atom is 0.262 e. The van der Waals surface area contributed by atoms with Gasteiger partial charge in [-0.1, -0.05) is 29.3 Å². The van der Waals surface area contributed by atoms with Crippen LogP contribution in [0.4, 0.5) is 5.69 Å². The van der Waals surface area contributed by atoms with Crippen molar-refractivity contribution in [2.24, 2.45) is 0 Å². The molecule has 1 aliphatic heterocycles. The van der Waals surface area contributed by atoms with Crippen LogP contribution in [0, 0.1) is 0 Å². The van der Waals surface area contributed by atoms with Gasteiger partial charge >= 0.3 is 0 Å². The molecule has 1 N–H and O–H groups in total. The van der Waals surface area contributed by atoms with Gasteiger partial charge in [0.25, 0.3) is 11.8 Å². The minimum absolute atomic E-state index is 0.0846. The van der Waals surface area contributed by atoms with Crippen LogP contribution in [-0.2, 0) is 9.53 Å².